The Labute approximate surface area is 127 Å². The van der Waals surface area contributed by atoms with Crippen molar-refractivity contribution in [1.82, 2.24) is 0 Å². The Morgan fingerprint density at radius 1 is 1.27 bits per heavy atom. The van der Waals surface area contributed by atoms with Crippen LogP contribution in [-0.2, 0) is 4.79 Å². The summed E-state index contributed by atoms with van der Waals surface area (Å²) in [4.78, 5) is 33.0. The third-order valence-corrected chi connectivity index (χ3v) is 4.03. The van der Waals surface area contributed by atoms with E-state index >= 15 is 0 Å². The number of nitrogens with one attached hydrogen (secondary N) is 1. The molecule has 0 saturated heterocycles. The zero-order valence-electron chi connectivity index (χ0n) is 12.2. The minimum atomic E-state index is -0.779. The molecule has 0 amide bonds. The summed E-state index contributed by atoms with van der Waals surface area (Å²) in [7, 11) is 0. The van der Waals surface area contributed by atoms with E-state index in [9.17, 15) is 19.7 Å². The molecule has 118 valence electrons. The lowest BCUT2D eigenvalue weighted by Crippen LogP contribution is -2.29. The van der Waals surface area contributed by atoms with Gasteiger partial charge in [0.15, 0.2) is 5.78 Å². The summed E-state index contributed by atoms with van der Waals surface area (Å²) in [5, 5.41) is 23.0. The van der Waals surface area contributed by atoms with Crippen LogP contribution >= 0.6 is 0 Å². The molecular weight excluding hydrogens is 288 g/mol. The van der Waals surface area contributed by atoms with E-state index in [1.807, 2.05) is 0 Å². The van der Waals surface area contributed by atoms with Gasteiger partial charge in [0.2, 0.25) is 0 Å². The summed E-state index contributed by atoms with van der Waals surface area (Å²) in [5.41, 5.74) is 0.776. The first-order valence-corrected chi connectivity index (χ1v) is 7.17. The molecular formula is C15H18N2O5. The van der Waals surface area contributed by atoms with Gasteiger partial charge in [-0.25, -0.2) is 0 Å². The summed E-state index contributed by atoms with van der Waals surface area (Å²) in [6.07, 6.45) is 2.46. The Hall–Kier alpha value is -2.44. The van der Waals surface area contributed by atoms with Crippen molar-refractivity contribution in [2.24, 2.45) is 5.92 Å². The molecule has 0 atom stereocenters. The van der Waals surface area contributed by atoms with Crippen LogP contribution in [0.1, 0.15) is 43.0 Å². The van der Waals surface area contributed by atoms with Gasteiger partial charge >= 0.3 is 5.97 Å². The van der Waals surface area contributed by atoms with E-state index in [0.29, 0.717) is 36.9 Å². The quantitative estimate of drug-likeness (QED) is 0.492. The Morgan fingerprint density at radius 3 is 2.41 bits per heavy atom. The van der Waals surface area contributed by atoms with E-state index in [1.54, 1.807) is 0 Å². The number of nitrogens with zero attached hydrogens (tertiary/aromatic N) is 1. The van der Waals surface area contributed by atoms with Gasteiger partial charge in [0.05, 0.1) is 16.5 Å². The summed E-state index contributed by atoms with van der Waals surface area (Å²) >= 11 is 0. The summed E-state index contributed by atoms with van der Waals surface area (Å²) in [5.74, 6) is -1.27. The molecule has 1 aromatic rings. The van der Waals surface area contributed by atoms with Gasteiger partial charge in [-0.15, -0.1) is 0 Å². The topological polar surface area (TPSA) is 110 Å². The lowest BCUT2D eigenvalue weighted by molar-refractivity contribution is -0.384. The van der Waals surface area contributed by atoms with Crippen molar-refractivity contribution in [3.63, 3.8) is 0 Å². The highest BCUT2D eigenvalue weighted by Crippen LogP contribution is 2.29. The van der Waals surface area contributed by atoms with Crippen molar-refractivity contribution in [2.45, 2.75) is 38.6 Å². The number of nitro groups is 1. The van der Waals surface area contributed by atoms with E-state index in [1.165, 1.54) is 25.1 Å². The molecule has 1 aliphatic rings. The van der Waals surface area contributed by atoms with Gasteiger partial charge in [-0.3, -0.25) is 19.7 Å². The number of carboxylic acids is 1. The molecule has 7 nitrogen and oxygen atoms in total. The van der Waals surface area contributed by atoms with E-state index < -0.39 is 10.9 Å². The highest BCUT2D eigenvalue weighted by Gasteiger charge is 2.26. The molecule has 0 aliphatic heterocycles. The van der Waals surface area contributed by atoms with Gasteiger partial charge in [0.25, 0.3) is 5.69 Å². The fraction of sp³-hybridized carbons (Fsp3) is 0.467. The van der Waals surface area contributed by atoms with Crippen LogP contribution in [0.4, 0.5) is 11.4 Å². The van der Waals surface area contributed by atoms with Crippen molar-refractivity contribution in [3.05, 3.63) is 33.9 Å². The highest BCUT2D eigenvalue weighted by molar-refractivity contribution is 6.00. The number of carbonyl (C=O) groups excluding carboxylic acids is 1. The van der Waals surface area contributed by atoms with Gasteiger partial charge in [-0.05, 0) is 38.7 Å². The van der Waals surface area contributed by atoms with Crippen LogP contribution in [0, 0.1) is 16.0 Å². The molecule has 1 aliphatic carbocycles. The Morgan fingerprint density at radius 2 is 1.91 bits per heavy atom. The van der Waals surface area contributed by atoms with Gasteiger partial charge in [-0.1, -0.05) is 0 Å². The first kappa shape index (κ1) is 15.9. The monoisotopic (exact) mass is 306 g/mol. The molecule has 0 bridgehead atoms. The Bertz CT molecular complexity index is 606. The van der Waals surface area contributed by atoms with Crippen LogP contribution in [0.15, 0.2) is 18.2 Å². The number of Topliss-reactive ketones (excluding diaryl/α,β-unsaturated/α-hetero) is 1. The van der Waals surface area contributed by atoms with Crippen LogP contribution in [0.25, 0.3) is 0 Å². The number of hydrogen-bond donors (Lipinski definition) is 2. The molecule has 7 heteroatoms. The molecule has 1 saturated carbocycles. The van der Waals surface area contributed by atoms with Crippen LogP contribution in [0.3, 0.4) is 0 Å². The summed E-state index contributed by atoms with van der Waals surface area (Å²) in [6, 6.07) is 4.14. The highest BCUT2D eigenvalue weighted by atomic mass is 16.6. The molecule has 2 N–H and O–H groups in total. The number of non-ortho nitro benzene ring substituents is 1. The molecule has 0 spiro atoms. The molecule has 1 aromatic carbocycles. The Kier molecular flexibility index (Phi) is 4.75. The standard InChI is InChI=1S/C15H18N2O5/c1-9(18)13-7-6-12(17(21)22)8-14(13)16-11-4-2-10(3-5-11)15(19)20/h6-8,10-11,16H,2-5H2,1H3,(H,19,20). The molecule has 0 heterocycles. The zero-order valence-corrected chi connectivity index (χ0v) is 12.2. The lowest BCUT2D eigenvalue weighted by atomic mass is 9.86. The number of anilines is 1. The summed E-state index contributed by atoms with van der Waals surface area (Å²) in [6.45, 7) is 1.41. The average molecular weight is 306 g/mol. The van der Waals surface area contributed by atoms with E-state index in [0.717, 1.165) is 0 Å². The molecule has 1 fully saturated rings. The average Bonchev–Trinajstić information content (AvgIpc) is 2.47. The fourth-order valence-electron chi connectivity index (χ4n) is 2.78. The minimum Gasteiger partial charge on any atom is -0.481 e. The fourth-order valence-corrected chi connectivity index (χ4v) is 2.78. The van der Waals surface area contributed by atoms with Crippen LogP contribution in [0.5, 0.6) is 0 Å². The number of aliphatic carboxylic acids is 1. The van der Waals surface area contributed by atoms with Gasteiger partial charge in [0.1, 0.15) is 0 Å². The van der Waals surface area contributed by atoms with E-state index in [2.05, 4.69) is 5.32 Å². The van der Waals surface area contributed by atoms with Crippen LogP contribution < -0.4 is 5.32 Å². The second-order valence-electron chi connectivity index (χ2n) is 5.57. The van der Waals surface area contributed by atoms with Crippen molar-refractivity contribution in [2.75, 3.05) is 5.32 Å². The number of rotatable bonds is 5. The predicted molar refractivity (Wildman–Crippen MR) is 80.1 cm³/mol. The van der Waals surface area contributed by atoms with Crippen molar-refractivity contribution in [1.29, 1.82) is 0 Å². The first-order chi connectivity index (χ1) is 10.4. The van der Waals surface area contributed by atoms with Gasteiger partial charge in [0, 0.05) is 23.7 Å². The van der Waals surface area contributed by atoms with E-state index in [-0.39, 0.29) is 23.4 Å². The van der Waals surface area contributed by atoms with Gasteiger partial charge in [-0.2, -0.15) is 0 Å². The second-order valence-corrected chi connectivity index (χ2v) is 5.57. The second kappa shape index (κ2) is 6.55. The molecule has 0 unspecified atom stereocenters. The maximum atomic E-state index is 11.6. The first-order valence-electron chi connectivity index (χ1n) is 7.17. The normalized spacial score (nSPS) is 21.1. The third kappa shape index (κ3) is 3.60. The number of benzene rings is 1. The minimum absolute atomic E-state index is 0.0238. The van der Waals surface area contributed by atoms with E-state index in [4.69, 9.17) is 5.11 Å². The lowest BCUT2D eigenvalue weighted by Gasteiger charge is -2.28. The van der Waals surface area contributed by atoms with Crippen LogP contribution in [-0.4, -0.2) is 27.8 Å². The largest absolute Gasteiger partial charge is 0.481 e. The number of hydrogen-bond acceptors (Lipinski definition) is 5. The number of carbonyl (C=O) groups is 2. The number of carboxylic acid groups (broad SMARTS) is 1. The third-order valence-electron chi connectivity index (χ3n) is 4.03. The number of nitro benzene ring substituents is 1. The smallest absolute Gasteiger partial charge is 0.306 e. The SMILES string of the molecule is CC(=O)c1ccc([N+](=O)[O-])cc1NC1CCC(C(=O)O)CC1. The zero-order chi connectivity index (χ0) is 16.3. The molecule has 2 rings (SSSR count). The molecule has 22 heavy (non-hydrogen) atoms. The van der Waals surface area contributed by atoms with Gasteiger partial charge < -0.3 is 10.4 Å². The maximum Gasteiger partial charge on any atom is 0.306 e. The van der Waals surface area contributed by atoms with Crippen molar-refractivity contribution in [3.8, 4) is 0 Å². The summed E-state index contributed by atoms with van der Waals surface area (Å²) < 4.78 is 0. The number of ketones is 1. The molecule has 0 aromatic heterocycles. The van der Waals surface area contributed by atoms with Crippen molar-refractivity contribution >= 4 is 23.1 Å². The predicted octanol–water partition coefficient (Wildman–Crippen LogP) is 2.85. The Balaban J connectivity index is 2.14. The van der Waals surface area contributed by atoms with Crippen molar-refractivity contribution < 1.29 is 19.6 Å². The maximum absolute atomic E-state index is 11.6. The van der Waals surface area contributed by atoms with Crippen LogP contribution in [0.2, 0.25) is 0 Å². The molecule has 0 radical (unpaired) electrons.